The number of aryl methyl sites for hydroxylation is 1. The quantitative estimate of drug-likeness (QED) is 0.594. The Morgan fingerprint density at radius 3 is 2.48 bits per heavy atom. The lowest BCUT2D eigenvalue weighted by molar-refractivity contribution is -0.364. The van der Waals surface area contributed by atoms with E-state index in [9.17, 15) is 8.42 Å². The molecule has 1 aromatic heterocycles. The predicted molar refractivity (Wildman–Crippen MR) is 101 cm³/mol. The highest BCUT2D eigenvalue weighted by atomic mass is 32.2. The van der Waals surface area contributed by atoms with E-state index in [1.807, 2.05) is 0 Å². The molecule has 1 aliphatic heterocycles. The van der Waals surface area contributed by atoms with Gasteiger partial charge in [0.1, 0.15) is 11.1 Å². The standard InChI is InChI=1S/C18H23N3O2S2/c1-15-4-6-16(7-5-15)24-13-10-19-18-9-8-17(14-20-18)25(22,23)21-11-2-3-12-21/h4-9,14H,2-3,10-13H2,1H3,(H,19,20)/p+1. The van der Waals surface area contributed by atoms with Gasteiger partial charge in [0.15, 0.2) is 0 Å². The van der Waals surface area contributed by atoms with Crippen LogP contribution in [0, 0.1) is 6.92 Å². The molecule has 0 atom stereocenters. The Balaban J connectivity index is 1.50. The molecule has 1 aromatic carbocycles. The Labute approximate surface area is 153 Å². The molecule has 134 valence electrons. The molecule has 2 N–H and O–H groups in total. The third-order valence-corrected chi connectivity index (χ3v) is 7.10. The summed E-state index contributed by atoms with van der Waals surface area (Å²) in [5.74, 6) is 1.76. The summed E-state index contributed by atoms with van der Waals surface area (Å²) in [6, 6.07) is 11.9. The van der Waals surface area contributed by atoms with Gasteiger partial charge in [-0.25, -0.2) is 13.4 Å². The third kappa shape index (κ3) is 4.74. The van der Waals surface area contributed by atoms with Crippen LogP contribution in [0.3, 0.4) is 0 Å². The molecule has 0 amide bonds. The second kappa shape index (κ2) is 8.21. The molecular weight excluding hydrogens is 354 g/mol. The first-order chi connectivity index (χ1) is 12.1. The number of benzene rings is 1. The highest BCUT2D eigenvalue weighted by Crippen LogP contribution is 2.20. The van der Waals surface area contributed by atoms with Crippen molar-refractivity contribution in [3.8, 4) is 0 Å². The molecule has 1 aliphatic rings. The summed E-state index contributed by atoms with van der Waals surface area (Å²) in [5.41, 5.74) is 1.26. The monoisotopic (exact) mass is 378 g/mol. The number of pyridine rings is 1. The Bertz CT molecular complexity index is 784. The summed E-state index contributed by atoms with van der Waals surface area (Å²) in [7, 11) is -3.35. The van der Waals surface area contributed by atoms with Crippen molar-refractivity contribution in [1.29, 1.82) is 0 Å². The van der Waals surface area contributed by atoms with Gasteiger partial charge < -0.3 is 0 Å². The van der Waals surface area contributed by atoms with E-state index in [2.05, 4.69) is 41.5 Å². The molecule has 0 saturated carbocycles. The summed E-state index contributed by atoms with van der Waals surface area (Å²) < 4.78 is 26.5. The molecule has 0 bridgehead atoms. The fourth-order valence-corrected chi connectivity index (χ4v) is 5.00. The van der Waals surface area contributed by atoms with E-state index in [1.54, 1.807) is 34.4 Å². The number of hydrogen-bond acceptors (Lipinski definition) is 4. The highest BCUT2D eigenvalue weighted by Gasteiger charge is 2.27. The molecule has 5 nitrogen and oxygen atoms in total. The smallest absolute Gasteiger partial charge is 0.272 e. The van der Waals surface area contributed by atoms with Crippen molar-refractivity contribution in [2.75, 3.05) is 30.7 Å². The van der Waals surface area contributed by atoms with Gasteiger partial charge in [-0.2, -0.15) is 4.31 Å². The molecule has 0 radical (unpaired) electrons. The van der Waals surface area contributed by atoms with E-state index in [1.165, 1.54) is 10.5 Å². The minimum atomic E-state index is -3.35. The van der Waals surface area contributed by atoms with Crippen molar-refractivity contribution in [1.82, 2.24) is 4.31 Å². The fourth-order valence-electron chi connectivity index (χ4n) is 2.75. The van der Waals surface area contributed by atoms with E-state index in [-0.39, 0.29) is 0 Å². The van der Waals surface area contributed by atoms with E-state index >= 15 is 0 Å². The van der Waals surface area contributed by atoms with Crippen LogP contribution >= 0.6 is 11.8 Å². The van der Waals surface area contributed by atoms with Crippen LogP contribution in [-0.2, 0) is 10.0 Å². The van der Waals surface area contributed by atoms with Gasteiger partial charge in [-0.1, -0.05) is 17.7 Å². The molecule has 3 rings (SSSR count). The molecule has 1 fully saturated rings. The Morgan fingerprint density at radius 1 is 1.12 bits per heavy atom. The van der Waals surface area contributed by atoms with Crippen LogP contribution in [0.15, 0.2) is 52.4 Å². The molecular formula is C18H24N3O2S2+. The van der Waals surface area contributed by atoms with Crippen molar-refractivity contribution >= 4 is 27.6 Å². The SMILES string of the molecule is Cc1ccc(SCCNc2ccc(S(=O)(=O)N3CCCC3)c[nH+]2)cc1. The molecule has 2 heterocycles. The van der Waals surface area contributed by atoms with Crippen LogP contribution in [0.2, 0.25) is 0 Å². The van der Waals surface area contributed by atoms with E-state index < -0.39 is 10.0 Å². The zero-order valence-electron chi connectivity index (χ0n) is 14.4. The highest BCUT2D eigenvalue weighted by molar-refractivity contribution is 7.99. The van der Waals surface area contributed by atoms with Crippen molar-refractivity contribution in [2.45, 2.75) is 29.6 Å². The number of H-pyrrole nitrogens is 1. The second-order valence-electron chi connectivity index (χ2n) is 6.14. The number of anilines is 1. The Morgan fingerprint density at radius 2 is 1.84 bits per heavy atom. The predicted octanol–water partition coefficient (Wildman–Crippen LogP) is 2.80. The lowest BCUT2D eigenvalue weighted by Crippen LogP contribution is -2.29. The van der Waals surface area contributed by atoms with Crippen LogP contribution < -0.4 is 10.3 Å². The van der Waals surface area contributed by atoms with Gasteiger partial charge in [-0.3, -0.25) is 5.32 Å². The van der Waals surface area contributed by atoms with E-state index in [4.69, 9.17) is 0 Å². The fraction of sp³-hybridized carbons (Fsp3) is 0.389. The first-order valence-electron chi connectivity index (χ1n) is 8.51. The normalized spacial score (nSPS) is 15.4. The van der Waals surface area contributed by atoms with Gasteiger partial charge in [-0.15, -0.1) is 11.8 Å². The lowest BCUT2D eigenvalue weighted by atomic mass is 10.2. The number of hydrogen-bond donors (Lipinski definition) is 1. The second-order valence-corrected chi connectivity index (χ2v) is 9.24. The zero-order chi connectivity index (χ0) is 17.7. The largest absolute Gasteiger partial charge is 0.274 e. The van der Waals surface area contributed by atoms with Crippen molar-refractivity contribution in [3.63, 3.8) is 0 Å². The van der Waals surface area contributed by atoms with Crippen LogP contribution in [-0.4, -0.2) is 38.1 Å². The topological polar surface area (TPSA) is 63.6 Å². The van der Waals surface area contributed by atoms with Crippen LogP contribution in [0.1, 0.15) is 18.4 Å². The number of nitrogens with zero attached hydrogens (tertiary/aromatic N) is 1. The van der Waals surface area contributed by atoms with Crippen molar-refractivity contribution < 1.29 is 13.4 Å². The van der Waals surface area contributed by atoms with Crippen LogP contribution in [0.25, 0.3) is 0 Å². The van der Waals surface area contributed by atoms with E-state index in [0.29, 0.717) is 18.0 Å². The summed E-state index contributed by atoms with van der Waals surface area (Å²) >= 11 is 1.79. The maximum absolute atomic E-state index is 12.5. The number of thioether (sulfide) groups is 1. The Hall–Kier alpha value is -1.57. The molecule has 0 aliphatic carbocycles. The minimum Gasteiger partial charge on any atom is -0.274 e. The van der Waals surface area contributed by atoms with Gasteiger partial charge in [0.2, 0.25) is 10.0 Å². The van der Waals surface area contributed by atoms with Crippen molar-refractivity contribution in [2.24, 2.45) is 0 Å². The first-order valence-corrected chi connectivity index (χ1v) is 10.9. The molecule has 2 aromatic rings. The molecule has 7 heteroatoms. The number of aromatic amines is 1. The number of rotatable bonds is 7. The van der Waals surface area contributed by atoms with Gasteiger partial charge in [0.05, 0.1) is 6.54 Å². The average molecular weight is 379 g/mol. The summed E-state index contributed by atoms with van der Waals surface area (Å²) in [5, 5.41) is 3.29. The van der Waals surface area contributed by atoms with Crippen LogP contribution in [0.4, 0.5) is 5.82 Å². The maximum Gasteiger partial charge on any atom is 0.272 e. The minimum absolute atomic E-state index is 0.328. The molecule has 0 spiro atoms. The van der Waals surface area contributed by atoms with Crippen LogP contribution in [0.5, 0.6) is 0 Å². The van der Waals surface area contributed by atoms with Gasteiger partial charge in [0.25, 0.3) is 5.82 Å². The zero-order valence-corrected chi connectivity index (χ0v) is 16.0. The van der Waals surface area contributed by atoms with Crippen molar-refractivity contribution in [3.05, 3.63) is 48.2 Å². The molecule has 1 saturated heterocycles. The number of nitrogens with one attached hydrogen (secondary N) is 2. The molecule has 25 heavy (non-hydrogen) atoms. The van der Waals surface area contributed by atoms with Gasteiger partial charge >= 0.3 is 0 Å². The summed E-state index contributed by atoms with van der Waals surface area (Å²) in [6.07, 6.45) is 3.46. The van der Waals surface area contributed by atoms with Gasteiger partial charge in [0, 0.05) is 29.8 Å². The maximum atomic E-state index is 12.5. The average Bonchev–Trinajstić information content (AvgIpc) is 3.16. The summed E-state index contributed by atoms with van der Waals surface area (Å²) in [4.78, 5) is 4.63. The third-order valence-electron chi connectivity index (χ3n) is 4.19. The number of aromatic nitrogens is 1. The lowest BCUT2D eigenvalue weighted by Gasteiger charge is -2.14. The number of sulfonamides is 1. The Kier molecular flexibility index (Phi) is 5.98. The molecule has 0 unspecified atom stereocenters. The summed E-state index contributed by atoms with van der Waals surface area (Å²) in [6.45, 7) is 4.13. The first kappa shape index (κ1) is 18.2. The van der Waals surface area contributed by atoms with E-state index in [0.717, 1.165) is 31.0 Å². The van der Waals surface area contributed by atoms with Gasteiger partial charge in [-0.05, 0) is 38.0 Å².